The number of carbonyl (C=O) groups is 2. The summed E-state index contributed by atoms with van der Waals surface area (Å²) in [6.07, 6.45) is -17.7. The summed E-state index contributed by atoms with van der Waals surface area (Å²) in [6.45, 7) is 2.34. The molecule has 3 aromatic carbocycles. The molecule has 1 saturated heterocycles. The minimum Gasteiger partial charge on any atom is -0.496 e. The molecule has 1 aliphatic rings. The van der Waals surface area contributed by atoms with Gasteiger partial charge in [-0.3, -0.25) is 9.69 Å². The van der Waals surface area contributed by atoms with Crippen LogP contribution >= 0.6 is 0 Å². The Labute approximate surface area is 245 Å². The number of benzene rings is 3. The third-order valence-corrected chi connectivity index (χ3v) is 7.24. The predicted octanol–water partition coefficient (Wildman–Crippen LogP) is 9.09. The lowest BCUT2D eigenvalue weighted by Crippen LogP contribution is -2.32. The van der Waals surface area contributed by atoms with E-state index in [9.17, 15) is 49.1 Å². The van der Waals surface area contributed by atoms with E-state index >= 15 is 0 Å². The van der Waals surface area contributed by atoms with Crippen LogP contribution < -0.4 is 4.74 Å². The zero-order valence-electron chi connectivity index (χ0n) is 23.2. The highest BCUT2D eigenvalue weighted by molar-refractivity contribution is 5.97. The van der Waals surface area contributed by atoms with Crippen LogP contribution in [0.5, 0.6) is 5.75 Å². The first-order valence-electron chi connectivity index (χ1n) is 13.0. The first kappa shape index (κ1) is 32.7. The molecule has 44 heavy (non-hydrogen) atoms. The topological polar surface area (TPSA) is 55.8 Å². The maximum atomic E-state index is 13.7. The number of hydrogen-bond donors (Lipinski definition) is 0. The number of cyclic esters (lactones) is 1. The number of Topliss-reactive ketones (excluding diaryl/α,β-unsaturated/α-hetero) is 1. The van der Waals surface area contributed by atoms with E-state index in [1.807, 2.05) is 0 Å². The second-order valence-corrected chi connectivity index (χ2v) is 10.1. The van der Waals surface area contributed by atoms with Gasteiger partial charge in [-0.05, 0) is 72.1 Å². The van der Waals surface area contributed by atoms with Crippen LogP contribution in [0.2, 0.25) is 0 Å². The fourth-order valence-electron chi connectivity index (χ4n) is 4.95. The maximum Gasteiger partial charge on any atom is 0.416 e. The molecule has 0 unspecified atom stereocenters. The quantitative estimate of drug-likeness (QED) is 0.192. The van der Waals surface area contributed by atoms with Crippen LogP contribution in [-0.4, -0.2) is 29.9 Å². The normalized spacial score (nSPS) is 17.5. The molecule has 1 amide bonds. The molecule has 236 valence electrons. The summed E-state index contributed by atoms with van der Waals surface area (Å²) in [5.74, 6) is -0.0708. The summed E-state index contributed by atoms with van der Waals surface area (Å²) in [5, 5.41) is 0. The number of ether oxygens (including phenoxy) is 2. The molecule has 1 fully saturated rings. The highest BCUT2D eigenvalue weighted by Gasteiger charge is 2.44. The van der Waals surface area contributed by atoms with Gasteiger partial charge in [-0.25, -0.2) is 4.79 Å². The van der Waals surface area contributed by atoms with Crippen LogP contribution in [0.3, 0.4) is 0 Å². The molecule has 0 radical (unpaired) electrons. The van der Waals surface area contributed by atoms with Gasteiger partial charge in [0.15, 0.2) is 5.78 Å². The molecule has 0 saturated carbocycles. The highest BCUT2D eigenvalue weighted by atomic mass is 19.4. The number of alkyl halides is 9. The van der Waals surface area contributed by atoms with Gasteiger partial charge < -0.3 is 9.47 Å². The van der Waals surface area contributed by atoms with E-state index in [4.69, 9.17) is 9.47 Å². The van der Waals surface area contributed by atoms with Gasteiger partial charge in [0.25, 0.3) is 0 Å². The Morgan fingerprint density at radius 2 is 1.41 bits per heavy atom. The molecule has 2 atom stereocenters. The Balaban J connectivity index is 1.80. The molecule has 0 aliphatic carbocycles. The fraction of sp³-hybridized carbons (Fsp3) is 0.333. The van der Waals surface area contributed by atoms with Gasteiger partial charge in [0.05, 0.1) is 36.4 Å². The number of amides is 1. The molecule has 0 bridgehead atoms. The van der Waals surface area contributed by atoms with Gasteiger partial charge >= 0.3 is 24.6 Å². The molecule has 1 heterocycles. The van der Waals surface area contributed by atoms with Crippen molar-refractivity contribution < 1.29 is 58.6 Å². The van der Waals surface area contributed by atoms with Crippen molar-refractivity contribution in [1.82, 2.24) is 4.90 Å². The summed E-state index contributed by atoms with van der Waals surface area (Å²) in [5.41, 5.74) is -4.39. The molecule has 14 heteroatoms. The molecule has 4 rings (SSSR count). The minimum atomic E-state index is -5.15. The van der Waals surface area contributed by atoms with E-state index in [1.54, 1.807) is 6.92 Å². The first-order valence-corrected chi connectivity index (χ1v) is 13.0. The van der Waals surface area contributed by atoms with Crippen LogP contribution in [0.4, 0.5) is 44.3 Å². The Morgan fingerprint density at radius 3 is 1.93 bits per heavy atom. The average Bonchev–Trinajstić information content (AvgIpc) is 3.23. The van der Waals surface area contributed by atoms with E-state index in [1.165, 1.54) is 32.2 Å². The first-order chi connectivity index (χ1) is 20.3. The molecule has 1 aliphatic heterocycles. The van der Waals surface area contributed by atoms with Crippen molar-refractivity contribution in [2.45, 2.75) is 57.5 Å². The Hall–Kier alpha value is -4.23. The lowest BCUT2D eigenvalue weighted by Gasteiger charge is -2.24. The number of rotatable bonds is 7. The van der Waals surface area contributed by atoms with E-state index in [2.05, 4.69) is 0 Å². The standard InChI is InChI=1S/C30H24F9NO4/c1-4-24(41)16-5-8-25(43-3)23(12-16)22-7-6-19(28(31,32)33)11-18(22)14-40-15(2)26(44-27(40)42)17-9-20(29(34,35)36)13-21(10-17)30(37,38)39/h5-13,15,26H,4,14H2,1-3H3/t15-,26-/m0/s1. The number of hydrogen-bond acceptors (Lipinski definition) is 4. The largest absolute Gasteiger partial charge is 0.496 e. The van der Waals surface area contributed by atoms with Crippen molar-refractivity contribution in [3.8, 4) is 16.9 Å². The van der Waals surface area contributed by atoms with Crippen LogP contribution in [0.25, 0.3) is 11.1 Å². The Kier molecular flexibility index (Phi) is 8.69. The van der Waals surface area contributed by atoms with Gasteiger partial charge in [-0.2, -0.15) is 39.5 Å². The molecule has 0 aromatic heterocycles. The molecule has 0 spiro atoms. The van der Waals surface area contributed by atoms with Crippen molar-refractivity contribution in [1.29, 1.82) is 0 Å². The van der Waals surface area contributed by atoms with Crippen molar-refractivity contribution >= 4 is 11.9 Å². The van der Waals surface area contributed by atoms with E-state index in [0.717, 1.165) is 23.1 Å². The van der Waals surface area contributed by atoms with Gasteiger partial charge in [0.1, 0.15) is 11.9 Å². The summed E-state index contributed by atoms with van der Waals surface area (Å²) in [4.78, 5) is 26.2. The lowest BCUT2D eigenvalue weighted by atomic mass is 9.93. The van der Waals surface area contributed by atoms with E-state index in [0.29, 0.717) is 12.1 Å². The highest BCUT2D eigenvalue weighted by Crippen LogP contribution is 2.43. The average molecular weight is 634 g/mol. The molecular formula is C30H24F9NO4. The van der Waals surface area contributed by atoms with Crippen LogP contribution in [0.15, 0.2) is 54.6 Å². The summed E-state index contributed by atoms with van der Waals surface area (Å²) < 4.78 is 132. The van der Waals surface area contributed by atoms with Crippen LogP contribution in [0.1, 0.15) is 64.5 Å². The second kappa shape index (κ2) is 11.7. The fourth-order valence-corrected chi connectivity index (χ4v) is 4.95. The van der Waals surface area contributed by atoms with E-state index in [-0.39, 0.29) is 46.3 Å². The number of halogens is 9. The molecule has 0 N–H and O–H groups in total. The molecule has 3 aromatic rings. The van der Waals surface area contributed by atoms with Gasteiger partial charge in [-0.1, -0.05) is 13.0 Å². The Morgan fingerprint density at radius 1 is 0.818 bits per heavy atom. The Bertz CT molecular complexity index is 1550. The summed E-state index contributed by atoms with van der Waals surface area (Å²) >= 11 is 0. The van der Waals surface area contributed by atoms with Crippen molar-refractivity contribution in [2.24, 2.45) is 0 Å². The second-order valence-electron chi connectivity index (χ2n) is 10.1. The van der Waals surface area contributed by atoms with Gasteiger partial charge in [0, 0.05) is 17.5 Å². The number of nitrogens with zero attached hydrogens (tertiary/aromatic N) is 1. The number of ketones is 1. The lowest BCUT2D eigenvalue weighted by molar-refractivity contribution is -0.143. The zero-order chi connectivity index (χ0) is 32.8. The molecule has 5 nitrogen and oxygen atoms in total. The van der Waals surface area contributed by atoms with Crippen molar-refractivity contribution in [2.75, 3.05) is 7.11 Å². The minimum absolute atomic E-state index is 0.0671. The summed E-state index contributed by atoms with van der Waals surface area (Å²) in [7, 11) is 1.30. The van der Waals surface area contributed by atoms with Gasteiger partial charge in [-0.15, -0.1) is 0 Å². The van der Waals surface area contributed by atoms with E-state index < -0.39 is 65.6 Å². The van der Waals surface area contributed by atoms with Crippen LogP contribution in [-0.2, 0) is 29.8 Å². The van der Waals surface area contributed by atoms with Crippen molar-refractivity contribution in [3.05, 3.63) is 88.0 Å². The third kappa shape index (κ3) is 6.63. The monoisotopic (exact) mass is 633 g/mol. The van der Waals surface area contributed by atoms with Gasteiger partial charge in [0.2, 0.25) is 0 Å². The maximum absolute atomic E-state index is 13.7. The SMILES string of the molecule is CCC(=O)c1ccc(OC)c(-c2ccc(C(F)(F)F)cc2CN2C(=O)O[C@H](c3cc(C(F)(F)F)cc(C(F)(F)F)c3)[C@@H]2C)c1. The number of carbonyl (C=O) groups excluding carboxylic acids is 2. The molecular weight excluding hydrogens is 609 g/mol. The van der Waals surface area contributed by atoms with Crippen molar-refractivity contribution in [3.63, 3.8) is 0 Å². The summed E-state index contributed by atoms with van der Waals surface area (Å²) in [6, 6.07) is 6.64. The predicted molar refractivity (Wildman–Crippen MR) is 139 cm³/mol. The number of methoxy groups -OCH3 is 1. The zero-order valence-corrected chi connectivity index (χ0v) is 23.2. The third-order valence-electron chi connectivity index (χ3n) is 7.24. The van der Waals surface area contributed by atoms with Crippen LogP contribution in [0, 0.1) is 0 Å². The smallest absolute Gasteiger partial charge is 0.416 e.